The van der Waals surface area contributed by atoms with Crippen LogP contribution in [0.1, 0.15) is 41.4 Å². The summed E-state index contributed by atoms with van der Waals surface area (Å²) < 4.78 is 1.11. The highest BCUT2D eigenvalue weighted by Gasteiger charge is 2.26. The minimum Gasteiger partial charge on any atom is -0.397 e. The van der Waals surface area contributed by atoms with Gasteiger partial charge in [0.2, 0.25) is 0 Å². The van der Waals surface area contributed by atoms with Gasteiger partial charge in [0, 0.05) is 23.2 Å². The van der Waals surface area contributed by atoms with Crippen LogP contribution in [0.3, 0.4) is 0 Å². The molecule has 1 heterocycles. The minimum absolute atomic E-state index is 0.0979. The van der Waals surface area contributed by atoms with Crippen LogP contribution in [-0.2, 0) is 0 Å². The molecule has 0 atom stereocenters. The van der Waals surface area contributed by atoms with E-state index in [-0.39, 0.29) is 5.91 Å². The molecule has 0 saturated heterocycles. The van der Waals surface area contributed by atoms with Crippen molar-refractivity contribution < 1.29 is 4.79 Å². The monoisotopic (exact) mass is 302 g/mol. The summed E-state index contributed by atoms with van der Waals surface area (Å²) in [5, 5.41) is 1.01. The maximum absolute atomic E-state index is 12.8. The second-order valence-electron chi connectivity index (χ2n) is 5.99. The third-order valence-corrected chi connectivity index (χ3v) is 5.61. The highest BCUT2D eigenvalue weighted by atomic mass is 32.1. The number of hydrogen-bond donors (Lipinski definition) is 1. The number of nitrogens with two attached hydrogens (primary N) is 1. The van der Waals surface area contributed by atoms with Crippen molar-refractivity contribution in [2.24, 2.45) is 5.92 Å². The first-order chi connectivity index (χ1) is 10.1. The van der Waals surface area contributed by atoms with Crippen LogP contribution in [-0.4, -0.2) is 23.9 Å². The molecule has 1 aliphatic rings. The van der Waals surface area contributed by atoms with Gasteiger partial charge >= 0.3 is 0 Å². The zero-order chi connectivity index (χ0) is 15.0. The van der Waals surface area contributed by atoms with Crippen molar-refractivity contribution in [1.29, 1.82) is 0 Å². The summed E-state index contributed by atoms with van der Waals surface area (Å²) >= 11 is 1.53. The number of carbonyl (C=O) groups excluding carboxylic acids is 1. The van der Waals surface area contributed by atoms with Crippen LogP contribution in [0.5, 0.6) is 0 Å². The SMILES string of the molecule is CCN(CC1CCC1)C(=O)c1sc2cc(C)ccc2c1N. The summed E-state index contributed by atoms with van der Waals surface area (Å²) in [6, 6.07) is 6.18. The maximum Gasteiger partial charge on any atom is 0.266 e. The number of carbonyl (C=O) groups is 1. The Morgan fingerprint density at radius 2 is 2.19 bits per heavy atom. The molecule has 0 bridgehead atoms. The first-order valence-corrected chi connectivity index (χ1v) is 8.49. The summed E-state index contributed by atoms with van der Waals surface area (Å²) in [7, 11) is 0. The smallest absolute Gasteiger partial charge is 0.266 e. The normalized spacial score (nSPS) is 15.1. The number of amides is 1. The predicted octanol–water partition coefficient (Wildman–Crippen LogP) is 4.05. The van der Waals surface area contributed by atoms with Gasteiger partial charge in [-0.1, -0.05) is 18.6 Å². The summed E-state index contributed by atoms with van der Waals surface area (Å²) in [5.74, 6) is 0.785. The molecule has 0 radical (unpaired) electrons. The third kappa shape index (κ3) is 2.64. The highest BCUT2D eigenvalue weighted by Crippen LogP contribution is 2.35. The molecule has 3 nitrogen and oxygen atoms in total. The molecule has 2 N–H and O–H groups in total. The summed E-state index contributed by atoms with van der Waals surface area (Å²) in [5.41, 5.74) is 8.07. The molecule has 1 aromatic carbocycles. The molecule has 1 fully saturated rings. The fraction of sp³-hybridized carbons (Fsp3) is 0.471. The molecule has 21 heavy (non-hydrogen) atoms. The van der Waals surface area contributed by atoms with Gasteiger partial charge in [-0.15, -0.1) is 11.3 Å². The Morgan fingerprint density at radius 3 is 2.81 bits per heavy atom. The van der Waals surface area contributed by atoms with Gasteiger partial charge in [0.05, 0.1) is 5.69 Å². The minimum atomic E-state index is 0.0979. The number of thiophene rings is 1. The van der Waals surface area contributed by atoms with E-state index >= 15 is 0 Å². The second-order valence-corrected chi connectivity index (χ2v) is 7.04. The Hall–Kier alpha value is -1.55. The quantitative estimate of drug-likeness (QED) is 0.926. The number of aryl methyl sites for hydroxylation is 1. The molecule has 2 aromatic rings. The number of hydrogen-bond acceptors (Lipinski definition) is 3. The zero-order valence-electron chi connectivity index (χ0n) is 12.7. The summed E-state index contributed by atoms with van der Waals surface area (Å²) in [6.45, 7) is 5.74. The van der Waals surface area contributed by atoms with Crippen LogP contribution in [0.15, 0.2) is 18.2 Å². The largest absolute Gasteiger partial charge is 0.397 e. The second kappa shape index (κ2) is 5.68. The van der Waals surface area contributed by atoms with Crippen molar-refractivity contribution in [2.45, 2.75) is 33.1 Å². The van der Waals surface area contributed by atoms with E-state index in [4.69, 9.17) is 5.73 Å². The number of nitrogens with zero attached hydrogens (tertiary/aromatic N) is 1. The molecule has 1 aromatic heterocycles. The van der Waals surface area contributed by atoms with Crippen LogP contribution in [0, 0.1) is 12.8 Å². The molecule has 112 valence electrons. The van der Waals surface area contributed by atoms with E-state index in [9.17, 15) is 4.79 Å². The van der Waals surface area contributed by atoms with E-state index in [0.717, 1.165) is 23.2 Å². The number of rotatable bonds is 4. The van der Waals surface area contributed by atoms with Crippen molar-refractivity contribution in [3.05, 3.63) is 28.6 Å². The summed E-state index contributed by atoms with van der Waals surface area (Å²) in [6.07, 6.45) is 3.82. The van der Waals surface area contributed by atoms with Crippen molar-refractivity contribution in [2.75, 3.05) is 18.8 Å². The number of anilines is 1. The molecule has 3 rings (SSSR count). The van der Waals surface area contributed by atoms with Crippen molar-refractivity contribution >= 4 is 33.0 Å². The van der Waals surface area contributed by atoms with E-state index in [1.807, 2.05) is 24.0 Å². The van der Waals surface area contributed by atoms with Crippen LogP contribution >= 0.6 is 11.3 Å². The van der Waals surface area contributed by atoms with Gasteiger partial charge in [0.15, 0.2) is 0 Å². The van der Waals surface area contributed by atoms with Gasteiger partial charge in [-0.25, -0.2) is 0 Å². The van der Waals surface area contributed by atoms with Gasteiger partial charge in [0.25, 0.3) is 5.91 Å². The van der Waals surface area contributed by atoms with E-state index in [1.165, 1.54) is 36.2 Å². The zero-order valence-corrected chi connectivity index (χ0v) is 13.5. The molecule has 1 saturated carbocycles. The van der Waals surface area contributed by atoms with E-state index in [0.29, 0.717) is 16.5 Å². The van der Waals surface area contributed by atoms with Crippen molar-refractivity contribution in [3.8, 4) is 0 Å². The Labute approximate surface area is 129 Å². The van der Waals surface area contributed by atoms with Gasteiger partial charge in [-0.3, -0.25) is 4.79 Å². The molecule has 1 amide bonds. The number of benzene rings is 1. The van der Waals surface area contributed by atoms with E-state index in [2.05, 4.69) is 13.0 Å². The number of fused-ring (bicyclic) bond motifs is 1. The Morgan fingerprint density at radius 1 is 1.43 bits per heavy atom. The van der Waals surface area contributed by atoms with Gasteiger partial charge in [-0.05, 0) is 44.2 Å². The lowest BCUT2D eigenvalue weighted by molar-refractivity contribution is 0.0712. The van der Waals surface area contributed by atoms with E-state index < -0.39 is 0 Å². The Balaban J connectivity index is 1.90. The molecule has 0 spiro atoms. The van der Waals surface area contributed by atoms with Crippen LogP contribution in [0.2, 0.25) is 0 Å². The predicted molar refractivity (Wildman–Crippen MR) is 89.9 cm³/mol. The lowest BCUT2D eigenvalue weighted by Gasteiger charge is -2.31. The first kappa shape index (κ1) is 14.4. The molecular weight excluding hydrogens is 280 g/mol. The van der Waals surface area contributed by atoms with Crippen molar-refractivity contribution in [3.63, 3.8) is 0 Å². The summed E-state index contributed by atoms with van der Waals surface area (Å²) in [4.78, 5) is 15.4. The Kier molecular flexibility index (Phi) is 3.89. The maximum atomic E-state index is 12.8. The topological polar surface area (TPSA) is 46.3 Å². The van der Waals surface area contributed by atoms with E-state index in [1.54, 1.807) is 0 Å². The lowest BCUT2D eigenvalue weighted by Crippen LogP contribution is -2.37. The van der Waals surface area contributed by atoms with Gasteiger partial charge in [-0.2, -0.15) is 0 Å². The number of nitrogen functional groups attached to an aromatic ring is 1. The van der Waals surface area contributed by atoms with Crippen LogP contribution in [0.4, 0.5) is 5.69 Å². The average Bonchev–Trinajstić information content (AvgIpc) is 2.74. The molecular formula is C17H22N2OS. The van der Waals surface area contributed by atoms with Gasteiger partial charge in [0.1, 0.15) is 4.88 Å². The standard InChI is InChI=1S/C17H22N2OS/c1-3-19(10-12-5-4-6-12)17(20)16-15(18)13-8-7-11(2)9-14(13)21-16/h7-9,12H,3-6,10,18H2,1-2H3. The third-order valence-electron chi connectivity index (χ3n) is 4.45. The lowest BCUT2D eigenvalue weighted by atomic mass is 9.85. The first-order valence-electron chi connectivity index (χ1n) is 7.68. The molecule has 4 heteroatoms. The molecule has 0 aliphatic heterocycles. The van der Waals surface area contributed by atoms with Crippen LogP contribution in [0.25, 0.3) is 10.1 Å². The average molecular weight is 302 g/mol. The van der Waals surface area contributed by atoms with Gasteiger partial charge < -0.3 is 10.6 Å². The molecule has 0 unspecified atom stereocenters. The highest BCUT2D eigenvalue weighted by molar-refractivity contribution is 7.21. The fourth-order valence-electron chi connectivity index (χ4n) is 2.87. The fourth-order valence-corrected chi connectivity index (χ4v) is 4.06. The van der Waals surface area contributed by atoms with Crippen LogP contribution < -0.4 is 5.73 Å². The van der Waals surface area contributed by atoms with Crippen molar-refractivity contribution in [1.82, 2.24) is 4.90 Å². The molecule has 1 aliphatic carbocycles. The Bertz CT molecular complexity index is 673.